The van der Waals surface area contributed by atoms with E-state index >= 15 is 0 Å². The van der Waals surface area contributed by atoms with Crippen molar-refractivity contribution in [1.29, 1.82) is 0 Å². The van der Waals surface area contributed by atoms with Crippen LogP contribution in [0.3, 0.4) is 0 Å². The molecule has 2 aromatic rings. The second-order valence-corrected chi connectivity index (χ2v) is 13.0. The number of methoxy groups -OCH3 is 2. The fraction of sp³-hybridized carbons (Fsp3) is 0.786. The zero-order valence-corrected chi connectivity index (χ0v) is 24.4. The average molecular weight is 575 g/mol. The number of rotatable bonds is 12. The molecule has 5 atom stereocenters. The van der Waals surface area contributed by atoms with Gasteiger partial charge < -0.3 is 33.7 Å². The molecule has 5 fully saturated rings. The number of amides is 1. The van der Waals surface area contributed by atoms with Gasteiger partial charge in [-0.05, 0) is 69.4 Å². The average Bonchev–Trinajstić information content (AvgIpc) is 3.83. The largest absolute Gasteiger partial charge is 0.383 e. The van der Waals surface area contributed by atoms with Gasteiger partial charge in [0.2, 0.25) is 11.2 Å². The van der Waals surface area contributed by atoms with Crippen LogP contribution in [-0.4, -0.2) is 94.9 Å². The molecule has 7 rings (SSSR count). The minimum absolute atomic E-state index is 0.0203. The van der Waals surface area contributed by atoms with E-state index in [0.29, 0.717) is 67.6 Å². The summed E-state index contributed by atoms with van der Waals surface area (Å²) in [7, 11) is 3.29. The van der Waals surface area contributed by atoms with Crippen LogP contribution in [0.1, 0.15) is 52.0 Å². The Kier molecular flexibility index (Phi) is 6.54. The van der Waals surface area contributed by atoms with Gasteiger partial charge in [0.25, 0.3) is 0 Å². The molecule has 4 saturated carbocycles. The number of aromatic nitrogens is 4. The SMILES string of the molecule is COCCN(CCOC)C(=O)[C@@]12C[C@@H]1[C@@H](n1cnc3c(NC(C4CC4)C4CC4)nc(Cl)nc31)[C@@H]1OC(C)(C)O[C@@H]12. The second-order valence-electron chi connectivity index (χ2n) is 12.7. The summed E-state index contributed by atoms with van der Waals surface area (Å²) in [5.41, 5.74) is 0.690. The van der Waals surface area contributed by atoms with Crippen LogP contribution in [0.15, 0.2) is 6.33 Å². The number of ether oxygens (including phenoxy) is 4. The number of nitrogens with zero attached hydrogens (tertiary/aromatic N) is 5. The van der Waals surface area contributed by atoms with Crippen LogP contribution in [0.4, 0.5) is 5.82 Å². The first-order chi connectivity index (χ1) is 19.3. The zero-order chi connectivity index (χ0) is 27.8. The number of hydrogen-bond acceptors (Lipinski definition) is 9. The van der Waals surface area contributed by atoms with Crippen LogP contribution in [0.25, 0.3) is 11.2 Å². The fourth-order valence-electron chi connectivity index (χ4n) is 7.35. The van der Waals surface area contributed by atoms with Crippen molar-refractivity contribution in [3.8, 4) is 0 Å². The summed E-state index contributed by atoms with van der Waals surface area (Å²) in [5.74, 6) is 1.36. The number of carbonyl (C=O) groups is 1. The van der Waals surface area contributed by atoms with Crippen molar-refractivity contribution in [2.75, 3.05) is 45.8 Å². The van der Waals surface area contributed by atoms with Gasteiger partial charge in [-0.2, -0.15) is 9.97 Å². The molecule has 0 spiro atoms. The number of imidazole rings is 1. The molecule has 3 heterocycles. The van der Waals surface area contributed by atoms with Crippen LogP contribution in [0, 0.1) is 23.2 Å². The van der Waals surface area contributed by atoms with Crippen molar-refractivity contribution in [2.24, 2.45) is 23.2 Å². The molecule has 2 aromatic heterocycles. The van der Waals surface area contributed by atoms with Gasteiger partial charge in [-0.25, -0.2) is 4.98 Å². The topological polar surface area (TPSA) is 113 Å². The number of hydrogen-bond donors (Lipinski definition) is 1. The monoisotopic (exact) mass is 574 g/mol. The Labute approximate surface area is 239 Å². The number of fused-ring (bicyclic) bond motifs is 4. The van der Waals surface area contributed by atoms with Crippen molar-refractivity contribution >= 4 is 34.5 Å². The summed E-state index contributed by atoms with van der Waals surface area (Å²) in [6, 6.07) is 0.232. The van der Waals surface area contributed by atoms with E-state index in [1.165, 1.54) is 25.7 Å². The first kappa shape index (κ1) is 26.8. The Bertz CT molecular complexity index is 1280. The van der Waals surface area contributed by atoms with E-state index in [-0.39, 0.29) is 35.4 Å². The molecular weight excluding hydrogens is 536 g/mol. The van der Waals surface area contributed by atoms with Gasteiger partial charge in [-0.3, -0.25) is 4.79 Å². The molecule has 218 valence electrons. The molecule has 0 aromatic carbocycles. The van der Waals surface area contributed by atoms with E-state index in [4.69, 9.17) is 35.5 Å². The van der Waals surface area contributed by atoms with E-state index in [1.54, 1.807) is 14.2 Å². The predicted octanol–water partition coefficient (Wildman–Crippen LogP) is 3.28. The molecule has 1 amide bonds. The maximum atomic E-state index is 14.2. The first-order valence-corrected chi connectivity index (χ1v) is 14.9. The number of halogens is 1. The van der Waals surface area contributed by atoms with Gasteiger partial charge in [0, 0.05) is 39.3 Å². The number of nitrogens with one attached hydrogen (secondary N) is 1. The van der Waals surface area contributed by atoms with E-state index < -0.39 is 11.2 Å². The zero-order valence-electron chi connectivity index (χ0n) is 23.6. The van der Waals surface area contributed by atoms with Crippen molar-refractivity contribution in [1.82, 2.24) is 24.4 Å². The minimum Gasteiger partial charge on any atom is -0.383 e. The van der Waals surface area contributed by atoms with Gasteiger partial charge in [0.05, 0.1) is 31.0 Å². The summed E-state index contributed by atoms with van der Waals surface area (Å²) in [4.78, 5) is 30.1. The molecule has 1 aliphatic heterocycles. The van der Waals surface area contributed by atoms with Crippen LogP contribution >= 0.6 is 11.6 Å². The maximum Gasteiger partial charge on any atom is 0.232 e. The van der Waals surface area contributed by atoms with Gasteiger partial charge >= 0.3 is 0 Å². The normalized spacial score (nSPS) is 31.9. The van der Waals surface area contributed by atoms with Crippen molar-refractivity contribution < 1.29 is 23.7 Å². The Hall–Kier alpha value is -2.05. The van der Waals surface area contributed by atoms with Crippen molar-refractivity contribution in [3.05, 3.63) is 11.6 Å². The molecule has 0 bridgehead atoms. The second kappa shape index (κ2) is 9.76. The lowest BCUT2D eigenvalue weighted by Gasteiger charge is -2.29. The predicted molar refractivity (Wildman–Crippen MR) is 147 cm³/mol. The number of anilines is 1. The van der Waals surface area contributed by atoms with Crippen LogP contribution < -0.4 is 5.32 Å². The molecule has 5 aliphatic rings. The van der Waals surface area contributed by atoms with Crippen LogP contribution in [-0.2, 0) is 23.7 Å². The summed E-state index contributed by atoms with van der Waals surface area (Å²) in [6.45, 7) is 5.72. The summed E-state index contributed by atoms with van der Waals surface area (Å²) in [5, 5.41) is 3.88. The van der Waals surface area contributed by atoms with Gasteiger partial charge in [-0.1, -0.05) is 0 Å². The Balaban J connectivity index is 1.23. The number of carbonyl (C=O) groups excluding carboxylic acids is 1. The third-order valence-corrected chi connectivity index (χ3v) is 9.71. The van der Waals surface area contributed by atoms with Crippen molar-refractivity contribution in [2.45, 2.75) is 76.0 Å². The fourth-order valence-corrected chi connectivity index (χ4v) is 7.52. The highest BCUT2D eigenvalue weighted by Gasteiger charge is 2.80. The Morgan fingerprint density at radius 1 is 1.15 bits per heavy atom. The smallest absolute Gasteiger partial charge is 0.232 e. The van der Waals surface area contributed by atoms with Gasteiger partial charge in [0.15, 0.2) is 22.8 Å². The summed E-state index contributed by atoms with van der Waals surface area (Å²) >= 11 is 6.51. The molecule has 0 unspecified atom stereocenters. The van der Waals surface area contributed by atoms with Crippen LogP contribution in [0.5, 0.6) is 0 Å². The third kappa shape index (κ3) is 4.40. The molecule has 0 radical (unpaired) electrons. The quantitative estimate of drug-likeness (QED) is 0.382. The molecule has 40 heavy (non-hydrogen) atoms. The summed E-state index contributed by atoms with van der Waals surface area (Å²) in [6.07, 6.45) is 6.85. The highest BCUT2D eigenvalue weighted by atomic mass is 35.5. The lowest BCUT2D eigenvalue weighted by atomic mass is 9.97. The van der Waals surface area contributed by atoms with Gasteiger partial charge in [-0.15, -0.1) is 0 Å². The van der Waals surface area contributed by atoms with E-state index in [0.717, 1.165) is 0 Å². The Morgan fingerprint density at radius 3 is 2.45 bits per heavy atom. The lowest BCUT2D eigenvalue weighted by molar-refractivity contribution is -0.168. The molecule has 4 aliphatic carbocycles. The molecule has 11 nitrogen and oxygen atoms in total. The first-order valence-electron chi connectivity index (χ1n) is 14.6. The molecule has 1 saturated heterocycles. The van der Waals surface area contributed by atoms with Crippen molar-refractivity contribution in [3.63, 3.8) is 0 Å². The lowest BCUT2D eigenvalue weighted by Crippen LogP contribution is -2.46. The minimum atomic E-state index is -0.810. The molecule has 12 heteroatoms. The molecule has 1 N–H and O–H groups in total. The van der Waals surface area contributed by atoms with E-state index in [2.05, 4.69) is 19.9 Å². The van der Waals surface area contributed by atoms with Crippen LogP contribution in [0.2, 0.25) is 5.28 Å². The van der Waals surface area contributed by atoms with E-state index in [9.17, 15) is 4.79 Å². The maximum absolute atomic E-state index is 14.2. The highest BCUT2D eigenvalue weighted by molar-refractivity contribution is 6.28. The van der Waals surface area contributed by atoms with Gasteiger partial charge in [0.1, 0.15) is 12.2 Å². The highest BCUT2D eigenvalue weighted by Crippen LogP contribution is 2.72. The summed E-state index contributed by atoms with van der Waals surface area (Å²) < 4.78 is 25.7. The molecular formula is C28H39ClN6O5. The third-order valence-electron chi connectivity index (χ3n) is 9.54. The standard InChI is InChI=1S/C28H39ClN6O5/c1-27(2)39-21-20(17-13-28(17,22(21)40-27)25(36)34(9-11-37-3)10-12-38-4)35-14-30-19-23(32-26(29)33-24(19)35)31-18(15-5-6-15)16-7-8-16/h14-18,20-22H,5-13H2,1-4H3,(H,31,32,33)/t17-,20-,21+,22+,28+/m1/s1. The Morgan fingerprint density at radius 2 is 1.82 bits per heavy atom. The van der Waals surface area contributed by atoms with E-state index in [1.807, 2.05) is 25.1 Å².